The van der Waals surface area contributed by atoms with Crippen LogP contribution in [0.3, 0.4) is 0 Å². The molecule has 1 aromatic carbocycles. The fraction of sp³-hybridized carbons (Fsp3) is 0.522. The highest BCUT2D eigenvalue weighted by molar-refractivity contribution is 5.94. The van der Waals surface area contributed by atoms with Gasteiger partial charge in [0.1, 0.15) is 11.6 Å². The minimum Gasteiger partial charge on any atom is -0.355 e. The van der Waals surface area contributed by atoms with Gasteiger partial charge in [-0.1, -0.05) is 12.1 Å². The number of nitrogens with one attached hydrogen (secondary N) is 1. The maximum atomic E-state index is 14.0. The van der Waals surface area contributed by atoms with Crippen LogP contribution in [0, 0.1) is 23.0 Å². The number of likely N-dealkylation sites (tertiary alicyclic amines) is 1. The van der Waals surface area contributed by atoms with Crippen molar-refractivity contribution >= 4 is 11.8 Å². The summed E-state index contributed by atoms with van der Waals surface area (Å²) in [4.78, 5) is 29.5. The first kappa shape index (κ1) is 22.4. The maximum absolute atomic E-state index is 14.0. The molecule has 0 radical (unpaired) electrons. The van der Waals surface area contributed by atoms with Gasteiger partial charge in [0, 0.05) is 51.9 Å². The number of hydrogen-bond donors (Lipinski definition) is 1. The zero-order valence-electron chi connectivity index (χ0n) is 18.5. The fourth-order valence-electron chi connectivity index (χ4n) is 4.27. The van der Waals surface area contributed by atoms with E-state index in [0.29, 0.717) is 18.4 Å². The number of piperidine rings is 1. The molecule has 172 valence electrons. The Labute approximate surface area is 185 Å². The molecule has 1 aliphatic heterocycles. The molecular formula is C23H28F2N4O3. The minimum absolute atomic E-state index is 0.0143. The summed E-state index contributed by atoms with van der Waals surface area (Å²) in [5.74, 6) is -2.38. The van der Waals surface area contributed by atoms with Crippen LogP contribution in [0.4, 0.5) is 8.78 Å². The van der Waals surface area contributed by atoms with E-state index in [2.05, 4.69) is 22.3 Å². The predicted molar refractivity (Wildman–Crippen MR) is 114 cm³/mol. The molecule has 9 heteroatoms. The van der Waals surface area contributed by atoms with Crippen molar-refractivity contribution in [3.8, 4) is 11.3 Å². The van der Waals surface area contributed by atoms with Crippen LogP contribution in [0.25, 0.3) is 11.3 Å². The van der Waals surface area contributed by atoms with Gasteiger partial charge in [-0.3, -0.25) is 9.59 Å². The number of amides is 2. The van der Waals surface area contributed by atoms with E-state index in [1.165, 1.54) is 25.0 Å². The van der Waals surface area contributed by atoms with E-state index in [-0.39, 0.29) is 34.9 Å². The van der Waals surface area contributed by atoms with Gasteiger partial charge < -0.3 is 19.6 Å². The Bertz CT molecular complexity index is 1020. The van der Waals surface area contributed by atoms with Crippen LogP contribution < -0.4 is 5.32 Å². The third-order valence-corrected chi connectivity index (χ3v) is 6.42. The fourth-order valence-corrected chi connectivity index (χ4v) is 4.27. The van der Waals surface area contributed by atoms with Gasteiger partial charge in [0.05, 0.1) is 11.5 Å². The highest BCUT2D eigenvalue weighted by Crippen LogP contribution is 2.46. The van der Waals surface area contributed by atoms with E-state index in [9.17, 15) is 18.4 Å². The summed E-state index contributed by atoms with van der Waals surface area (Å²) in [5.41, 5.74) is 0.335. The summed E-state index contributed by atoms with van der Waals surface area (Å²) in [6.45, 7) is 4.60. The lowest BCUT2D eigenvalue weighted by molar-refractivity contribution is -0.135. The van der Waals surface area contributed by atoms with Gasteiger partial charge in [0.15, 0.2) is 11.5 Å². The number of aromatic nitrogens is 1. The van der Waals surface area contributed by atoms with E-state index in [1.54, 1.807) is 19.0 Å². The Balaban J connectivity index is 1.46. The van der Waals surface area contributed by atoms with Crippen molar-refractivity contribution in [1.29, 1.82) is 0 Å². The SMILES string of the molecule is CN(C)C(=O)C1CN(CC2(C)CC2)CCC1NC(=O)c1cc(-c2ccc(F)cc2F)on1. The Hall–Kier alpha value is -2.81. The van der Waals surface area contributed by atoms with Crippen molar-refractivity contribution in [1.82, 2.24) is 20.3 Å². The average Bonchev–Trinajstić information content (AvgIpc) is 3.25. The second-order valence-electron chi connectivity index (χ2n) is 9.45. The Morgan fingerprint density at radius 2 is 2.03 bits per heavy atom. The second-order valence-corrected chi connectivity index (χ2v) is 9.45. The Kier molecular flexibility index (Phi) is 6.03. The minimum atomic E-state index is -0.804. The zero-order valence-corrected chi connectivity index (χ0v) is 18.5. The van der Waals surface area contributed by atoms with Gasteiger partial charge in [-0.15, -0.1) is 0 Å². The third-order valence-electron chi connectivity index (χ3n) is 6.42. The zero-order chi connectivity index (χ0) is 23.0. The van der Waals surface area contributed by atoms with Crippen molar-refractivity contribution in [2.24, 2.45) is 11.3 Å². The lowest BCUT2D eigenvalue weighted by Gasteiger charge is -2.40. The first-order valence-corrected chi connectivity index (χ1v) is 10.8. The van der Waals surface area contributed by atoms with Gasteiger partial charge in [-0.2, -0.15) is 0 Å². The summed E-state index contributed by atoms with van der Waals surface area (Å²) in [5, 5.41) is 6.66. The van der Waals surface area contributed by atoms with Crippen LogP contribution in [0.15, 0.2) is 28.8 Å². The molecule has 2 aromatic rings. The van der Waals surface area contributed by atoms with Gasteiger partial charge in [0.25, 0.3) is 5.91 Å². The number of benzene rings is 1. The van der Waals surface area contributed by atoms with Crippen molar-refractivity contribution < 1.29 is 22.9 Å². The van der Waals surface area contributed by atoms with Crippen molar-refractivity contribution in [3.05, 3.63) is 41.6 Å². The van der Waals surface area contributed by atoms with E-state index in [4.69, 9.17) is 4.52 Å². The van der Waals surface area contributed by atoms with E-state index < -0.39 is 17.5 Å². The molecule has 1 N–H and O–H groups in total. The number of halogens is 2. The number of rotatable bonds is 6. The van der Waals surface area contributed by atoms with Gasteiger partial charge in [-0.25, -0.2) is 8.78 Å². The van der Waals surface area contributed by atoms with Crippen molar-refractivity contribution in [3.63, 3.8) is 0 Å². The molecule has 2 atom stereocenters. The highest BCUT2D eigenvalue weighted by atomic mass is 19.1. The average molecular weight is 446 g/mol. The van der Waals surface area contributed by atoms with Crippen molar-refractivity contribution in [2.75, 3.05) is 33.7 Å². The molecular weight excluding hydrogens is 418 g/mol. The predicted octanol–water partition coefficient (Wildman–Crippen LogP) is 2.93. The molecule has 2 unspecified atom stereocenters. The Morgan fingerprint density at radius 1 is 1.28 bits per heavy atom. The monoisotopic (exact) mass is 446 g/mol. The smallest absolute Gasteiger partial charge is 0.273 e. The second kappa shape index (κ2) is 8.61. The quantitative estimate of drug-likeness (QED) is 0.738. The normalized spacial score (nSPS) is 22.4. The molecule has 32 heavy (non-hydrogen) atoms. The molecule has 4 rings (SSSR count). The van der Waals surface area contributed by atoms with E-state index in [0.717, 1.165) is 25.2 Å². The van der Waals surface area contributed by atoms with E-state index in [1.807, 2.05) is 0 Å². The van der Waals surface area contributed by atoms with Crippen LogP contribution >= 0.6 is 0 Å². The molecule has 1 saturated carbocycles. The summed E-state index contributed by atoms with van der Waals surface area (Å²) < 4.78 is 32.3. The van der Waals surface area contributed by atoms with Gasteiger partial charge in [0.2, 0.25) is 5.91 Å². The number of carbonyl (C=O) groups excluding carboxylic acids is 2. The van der Waals surface area contributed by atoms with Crippen LogP contribution in [0.2, 0.25) is 0 Å². The summed E-state index contributed by atoms with van der Waals surface area (Å²) in [6.07, 6.45) is 3.06. The first-order valence-electron chi connectivity index (χ1n) is 10.8. The molecule has 7 nitrogen and oxygen atoms in total. The molecule has 1 aliphatic carbocycles. The molecule has 2 heterocycles. The summed E-state index contributed by atoms with van der Waals surface area (Å²) in [6, 6.07) is 4.05. The third kappa shape index (κ3) is 4.82. The van der Waals surface area contributed by atoms with Crippen LogP contribution in [0.1, 0.15) is 36.7 Å². The topological polar surface area (TPSA) is 78.7 Å². The molecule has 2 aliphatic rings. The van der Waals surface area contributed by atoms with Gasteiger partial charge in [-0.05, 0) is 36.8 Å². The molecule has 0 spiro atoms. The lowest BCUT2D eigenvalue weighted by Crippen LogP contribution is -2.56. The molecule has 1 saturated heterocycles. The number of carbonyl (C=O) groups is 2. The molecule has 2 fully saturated rings. The molecule has 0 bridgehead atoms. The lowest BCUT2D eigenvalue weighted by atomic mass is 9.89. The standard InChI is InChI=1S/C23H28F2N4O3/c1-23(7-8-23)13-29-9-6-18(16(12-29)22(31)28(2)3)26-21(30)19-11-20(32-27-19)15-5-4-14(24)10-17(15)25/h4-5,10-11,16,18H,6-9,12-13H2,1-3H3,(H,26,30). The molecule has 2 amide bonds. The van der Waals surface area contributed by atoms with Crippen LogP contribution in [-0.4, -0.2) is 66.5 Å². The van der Waals surface area contributed by atoms with E-state index >= 15 is 0 Å². The largest absolute Gasteiger partial charge is 0.355 e. The Morgan fingerprint density at radius 3 is 2.69 bits per heavy atom. The highest BCUT2D eigenvalue weighted by Gasteiger charge is 2.42. The maximum Gasteiger partial charge on any atom is 0.273 e. The number of hydrogen-bond acceptors (Lipinski definition) is 5. The first-order chi connectivity index (χ1) is 15.1. The molecule has 1 aromatic heterocycles. The summed E-state index contributed by atoms with van der Waals surface area (Å²) >= 11 is 0. The number of nitrogens with zero attached hydrogens (tertiary/aromatic N) is 3. The summed E-state index contributed by atoms with van der Waals surface area (Å²) in [7, 11) is 3.42. The van der Waals surface area contributed by atoms with Crippen molar-refractivity contribution in [2.45, 2.75) is 32.2 Å². The van der Waals surface area contributed by atoms with Crippen LogP contribution in [-0.2, 0) is 4.79 Å². The van der Waals surface area contributed by atoms with Crippen LogP contribution in [0.5, 0.6) is 0 Å². The van der Waals surface area contributed by atoms with Gasteiger partial charge >= 0.3 is 0 Å².